The number of rotatable bonds is 72. The van der Waals surface area contributed by atoms with Gasteiger partial charge in [-0.2, -0.15) is 0 Å². The van der Waals surface area contributed by atoms with Crippen molar-refractivity contribution in [2.24, 2.45) is 53.1 Å². The van der Waals surface area contributed by atoms with Crippen LogP contribution >= 0.6 is 0 Å². The monoisotopic (exact) mass is 2010 g/mol. The maximum atomic E-state index is 13.6. The average molecular weight is 2010 g/mol. The number of unbranched alkanes of at least 4 members (excludes halogenated alkanes) is 22. The van der Waals surface area contributed by atoms with E-state index in [1.54, 1.807) is 69.3 Å². The fourth-order valence-corrected chi connectivity index (χ4v) is 16.1. The summed E-state index contributed by atoms with van der Waals surface area (Å²) in [5.74, 6) is 6.12. The van der Waals surface area contributed by atoms with Crippen LogP contribution in [0.25, 0.3) is 0 Å². The Balaban J connectivity index is 0. The first-order chi connectivity index (χ1) is 66.6. The Kier molecular flexibility index (Phi) is 78.4. The van der Waals surface area contributed by atoms with E-state index in [1.165, 1.54) is 109 Å². The number of hydrogen-bond acceptors (Lipinski definition) is 30. The number of Topliss-reactive ketones (excluding diaryl/α,β-unsaturated/α-hetero) is 2. The zero-order valence-electron chi connectivity index (χ0n) is 84.5. The van der Waals surface area contributed by atoms with Crippen molar-refractivity contribution in [2.75, 3.05) is 56.8 Å². The number of hydrazine groups is 2. The number of nitrogens with two attached hydrogens (primary N) is 2. The van der Waals surface area contributed by atoms with Crippen LogP contribution in [0.4, 0.5) is 21.0 Å². The van der Waals surface area contributed by atoms with Gasteiger partial charge < -0.3 is 116 Å². The Hall–Kier alpha value is -7.57. The van der Waals surface area contributed by atoms with Crippen LogP contribution in [0.1, 0.15) is 327 Å². The molecule has 6 amide bonds. The normalized spacial score (nSPS) is 19.8. The molecule has 0 aliphatic carbocycles. The van der Waals surface area contributed by atoms with E-state index in [-0.39, 0.29) is 133 Å². The van der Waals surface area contributed by atoms with Gasteiger partial charge in [-0.05, 0) is 104 Å². The van der Waals surface area contributed by atoms with Gasteiger partial charge in [-0.25, -0.2) is 9.59 Å². The summed E-state index contributed by atoms with van der Waals surface area (Å²) in [4.78, 5) is 117. The molecule has 141 heavy (non-hydrogen) atoms. The molecule has 812 valence electrons. The molecule has 2 fully saturated rings. The molecule has 2 aliphatic rings. The van der Waals surface area contributed by atoms with E-state index in [9.17, 15) is 94.2 Å². The van der Waals surface area contributed by atoms with Gasteiger partial charge in [0.05, 0.1) is 75.8 Å². The number of aliphatic hydroxyl groups excluding tert-OH is 10. The second-order valence-electron chi connectivity index (χ2n) is 37.8. The van der Waals surface area contributed by atoms with Crippen molar-refractivity contribution in [1.82, 2.24) is 32.1 Å². The van der Waals surface area contributed by atoms with E-state index >= 15 is 0 Å². The molecular formula is C103H182N10O28. The second kappa shape index (κ2) is 81.6. The Morgan fingerprint density at radius 3 is 1.04 bits per heavy atom. The van der Waals surface area contributed by atoms with Crippen molar-refractivity contribution in [2.45, 2.75) is 427 Å². The van der Waals surface area contributed by atoms with E-state index < -0.39 is 153 Å². The van der Waals surface area contributed by atoms with Crippen molar-refractivity contribution in [1.29, 1.82) is 0 Å². The third kappa shape index (κ3) is 57.2. The van der Waals surface area contributed by atoms with E-state index in [4.69, 9.17) is 54.1 Å². The Morgan fingerprint density at radius 2 is 0.738 bits per heavy atom. The number of benzene rings is 2. The number of anilines is 2. The molecule has 0 saturated carbocycles. The van der Waals surface area contributed by atoms with Crippen molar-refractivity contribution < 1.29 is 137 Å². The number of carbonyl (C=O) groups excluding carboxylic acids is 9. The van der Waals surface area contributed by atoms with E-state index in [0.717, 1.165) is 44.9 Å². The van der Waals surface area contributed by atoms with Gasteiger partial charge in [0.1, 0.15) is 62.0 Å². The molecular weight excluding hydrogens is 1830 g/mol. The number of hydrogen-bond donors (Lipinski definition) is 20. The summed E-state index contributed by atoms with van der Waals surface area (Å²) in [6, 6.07) is 9.50. The molecule has 38 heteroatoms. The summed E-state index contributed by atoms with van der Waals surface area (Å²) >= 11 is 0. The van der Waals surface area contributed by atoms with Gasteiger partial charge in [0.15, 0.2) is 24.1 Å². The number of ketones is 2. The van der Waals surface area contributed by atoms with Crippen LogP contribution in [0.2, 0.25) is 0 Å². The number of ether oxygens (including phenoxy) is 7. The van der Waals surface area contributed by atoms with E-state index in [1.807, 2.05) is 41.5 Å². The van der Waals surface area contributed by atoms with Crippen molar-refractivity contribution in [3.05, 3.63) is 73.0 Å². The first-order valence-corrected chi connectivity index (χ1v) is 50.5. The molecule has 2 aromatic rings. The van der Waals surface area contributed by atoms with Crippen LogP contribution in [-0.4, -0.2) is 248 Å². The predicted molar refractivity (Wildman–Crippen MR) is 535 cm³/mol. The summed E-state index contributed by atoms with van der Waals surface area (Å²) in [5.41, 5.74) is 7.17. The topological polar surface area (TPSA) is 609 Å². The summed E-state index contributed by atoms with van der Waals surface area (Å²) in [7, 11) is 0. The number of esters is 1. The Bertz CT molecular complexity index is 3660. The maximum absolute atomic E-state index is 13.6. The van der Waals surface area contributed by atoms with E-state index in [2.05, 4.69) is 69.9 Å². The minimum atomic E-state index is -1.67. The molecule has 2 aromatic carbocycles. The summed E-state index contributed by atoms with van der Waals surface area (Å²) < 4.78 is 53.6. The van der Waals surface area contributed by atoms with E-state index in [0.29, 0.717) is 74.1 Å². The van der Waals surface area contributed by atoms with Crippen LogP contribution in [-0.2, 0) is 89.2 Å². The molecule has 2 heterocycles. The molecule has 0 bridgehead atoms. The Labute approximate surface area is 839 Å². The number of aliphatic hydroxyl groups is 10. The van der Waals surface area contributed by atoms with Crippen LogP contribution in [0.5, 0.6) is 0 Å². The van der Waals surface area contributed by atoms with Crippen molar-refractivity contribution in [3.8, 4) is 0 Å². The van der Waals surface area contributed by atoms with Gasteiger partial charge in [0.25, 0.3) is 0 Å². The third-order valence-electron chi connectivity index (χ3n) is 24.9. The van der Waals surface area contributed by atoms with Gasteiger partial charge in [0, 0.05) is 62.0 Å². The molecule has 4 rings (SSSR count). The van der Waals surface area contributed by atoms with Crippen molar-refractivity contribution >= 4 is 64.7 Å². The first-order valence-electron chi connectivity index (χ1n) is 50.5. The number of nitrogens with one attached hydrogen (secondary N) is 8. The van der Waals surface area contributed by atoms with Gasteiger partial charge in [-0.15, -0.1) is 0 Å². The minimum absolute atomic E-state index is 0. The predicted octanol–water partition coefficient (Wildman–Crippen LogP) is 10.8. The zero-order valence-corrected chi connectivity index (χ0v) is 84.5. The average Bonchev–Trinajstić information content (AvgIpc) is 0.816. The quantitative estimate of drug-likeness (QED) is 0.00556. The molecule has 0 aromatic heterocycles. The van der Waals surface area contributed by atoms with Crippen LogP contribution < -0.4 is 54.4 Å². The van der Waals surface area contributed by atoms with Gasteiger partial charge in [-0.1, -0.05) is 269 Å². The van der Waals surface area contributed by atoms with Crippen LogP contribution in [0.3, 0.4) is 0 Å². The summed E-state index contributed by atoms with van der Waals surface area (Å²) in [6.07, 6.45) is 12.6. The zero-order chi connectivity index (χ0) is 104. The Morgan fingerprint density at radius 1 is 0.411 bits per heavy atom. The first kappa shape index (κ1) is 135. The standard InChI is InChI=1S/C52H91N5O14.C47H83N5O12.2CO.2CH4/c1-7-8-9-10-11-12-13-14-15-16-17-18-20-36(6)46(62)40(33-69-51-49(65)48(64)47(63)42(30-58)71-51)56-52(67)70-32-37-22-24-39(25-23-37)55-50(66)38(21-19-28-54-53)29-41(59)45(35(4)5)57-43(60)26-27-44(61)68-31-34(2)3;1-6-8-9-10-11-12-13-14-15-16-17-18-20-32(5)41(56)36(30-62-46-44(59)43(58)42(57)38(28-53)64-46)51-47(61)63-29-33-22-24-35(25-23-33)50-45(60)34(21-19-26-49-48)27-37(54)40(31(3)4)52-39(55)7-2;2*1-2;;/h22-25,34-36,38,40,42,45-49,51,54,58,62-65H,7-21,26-33,53H2,1-6H3,(H,55,66)(H,56,67)(H,57,60);22-25,31-32,34,36,38,40-44,46,49,53,56-59H,6-21,26-30,48H2,1-5H3,(H,50,60)(H,51,61)(H,52,55);;;2*1H4/t36-,38-,40+,42?,45+,46-,47+,48+,49?,51+;32-,34-,36+,38?,40+,41-,42+,43+,44?,46+;;;;/m11..../s1. The fraction of sp³-hybridized carbons (Fsp3) is 0.777. The molecule has 4 unspecified atom stereocenters. The second-order valence-corrected chi connectivity index (χ2v) is 37.8. The fourth-order valence-electron chi connectivity index (χ4n) is 16.1. The molecule has 2 saturated heterocycles. The molecule has 0 spiro atoms. The molecule has 20 atom stereocenters. The summed E-state index contributed by atoms with van der Waals surface area (Å²) in [5, 5.41) is 121. The third-order valence-corrected chi connectivity index (χ3v) is 24.9. The summed E-state index contributed by atoms with van der Waals surface area (Å²) in [6.45, 7) is 28.7. The number of amides is 6. The van der Waals surface area contributed by atoms with Gasteiger partial charge in [-0.3, -0.25) is 56.1 Å². The van der Waals surface area contributed by atoms with Crippen LogP contribution in [0.15, 0.2) is 48.5 Å². The number of carbonyl (C=O) groups is 9. The van der Waals surface area contributed by atoms with Crippen molar-refractivity contribution in [3.63, 3.8) is 0 Å². The SMILES string of the molecule is C.C.CCCCCCCCCCCCCC[C@@H](C)[C@@H](O)[C@H](CO[C@H]1OC(CO)[C@H](O)[C@H](O)C1O)NC(=O)OCc1ccc(NC(=O)[C@H](CCCNN)CC(=O)[C@@H](NC(=O)CC)C(C)C)cc1.CCCCCCCCCCCCCC[C@@H](C)[C@@H](O)[C@H](CO[C@H]1OC(CO)[C@H](O)[C@H](O)C1O)NC(=O)OCc1ccc(NC(=O)[C@H](CCCNN)CC(=O)[C@@H](NC(=O)CCC(=O)OCC(C)C)C(C)C)cc1.[C-]#[O+].[C-]#[O+]. The van der Waals surface area contributed by atoms with Gasteiger partial charge in [0.2, 0.25) is 23.6 Å². The molecule has 22 N–H and O–H groups in total. The molecule has 38 nitrogen and oxygen atoms in total. The van der Waals surface area contributed by atoms with Crippen LogP contribution in [0, 0.1) is 54.7 Å². The molecule has 2 aliphatic heterocycles. The molecule has 0 radical (unpaired) electrons. The van der Waals surface area contributed by atoms with Gasteiger partial charge >= 0.3 is 40.8 Å². The number of alkyl carbamates (subject to hydrolysis) is 2.